The average molecular weight is 353 g/mol. The van der Waals surface area contributed by atoms with E-state index < -0.39 is 24.0 Å². The van der Waals surface area contributed by atoms with Crippen LogP contribution < -0.4 is 16.0 Å². The van der Waals surface area contributed by atoms with Crippen LogP contribution in [-0.2, 0) is 14.3 Å². The van der Waals surface area contributed by atoms with E-state index in [1.807, 2.05) is 0 Å². The molecule has 26 heavy (non-hydrogen) atoms. The van der Waals surface area contributed by atoms with E-state index in [1.54, 1.807) is 50.2 Å². The molecule has 0 spiro atoms. The number of hydrogen-bond donors (Lipinski definition) is 2. The minimum absolute atomic E-state index is 0.294. The van der Waals surface area contributed by atoms with Crippen molar-refractivity contribution in [3.05, 3.63) is 54.1 Å². The molecule has 2 aromatic carbocycles. The summed E-state index contributed by atoms with van der Waals surface area (Å²) in [5, 5.41) is 2.78. The van der Waals surface area contributed by atoms with Gasteiger partial charge in [0.05, 0.1) is 16.9 Å². The summed E-state index contributed by atoms with van der Waals surface area (Å²) in [6.07, 6.45) is 0. The number of hydrogen-bond acceptors (Lipinski definition) is 5. The van der Waals surface area contributed by atoms with E-state index in [4.69, 9.17) is 10.5 Å². The number of amides is 2. The molecule has 3 N–H and O–H groups in total. The molecule has 0 unspecified atom stereocenters. The number of nitrogens with zero attached hydrogens (tertiary/aromatic N) is 1. The van der Waals surface area contributed by atoms with E-state index in [1.165, 1.54) is 17.0 Å². The number of nitrogen functional groups attached to an aromatic ring is 1. The van der Waals surface area contributed by atoms with Gasteiger partial charge in [-0.1, -0.05) is 12.1 Å². The Hall–Kier alpha value is -3.35. The fourth-order valence-electron chi connectivity index (χ4n) is 2.79. The van der Waals surface area contributed by atoms with Crippen molar-refractivity contribution in [3.63, 3.8) is 0 Å². The SMILES string of the molecule is CC1(C)C(=O)Nc2ccccc2N1C(=O)COC(=O)c1ccc(N)cc1. The first-order valence-corrected chi connectivity index (χ1v) is 8.07. The first-order chi connectivity index (χ1) is 12.3. The number of esters is 1. The largest absolute Gasteiger partial charge is 0.452 e. The molecule has 0 fully saturated rings. The molecule has 1 aliphatic heterocycles. The molecule has 0 aliphatic carbocycles. The topological polar surface area (TPSA) is 102 Å². The van der Waals surface area contributed by atoms with Crippen LogP contribution in [0.25, 0.3) is 0 Å². The number of ether oxygens (including phenoxy) is 1. The van der Waals surface area contributed by atoms with E-state index in [2.05, 4.69) is 5.32 Å². The normalized spacial score (nSPS) is 15.0. The summed E-state index contributed by atoms with van der Waals surface area (Å²) >= 11 is 0. The molecule has 2 amide bonds. The predicted octanol–water partition coefficient (Wildman–Crippen LogP) is 2.19. The Morgan fingerprint density at radius 3 is 2.46 bits per heavy atom. The van der Waals surface area contributed by atoms with Gasteiger partial charge in [-0.3, -0.25) is 14.5 Å². The Bertz CT molecular complexity index is 875. The van der Waals surface area contributed by atoms with Gasteiger partial charge in [0.15, 0.2) is 6.61 Å². The zero-order valence-corrected chi connectivity index (χ0v) is 14.5. The van der Waals surface area contributed by atoms with Crippen molar-refractivity contribution in [1.29, 1.82) is 0 Å². The first kappa shape index (κ1) is 17.5. The lowest BCUT2D eigenvalue weighted by molar-refractivity contribution is -0.128. The standard InChI is InChI=1S/C19H19N3O4/c1-19(2)18(25)21-14-5-3-4-6-15(14)22(19)16(23)11-26-17(24)12-7-9-13(20)10-8-12/h3-10H,11,20H2,1-2H3,(H,21,25). The van der Waals surface area contributed by atoms with Crippen molar-refractivity contribution >= 4 is 34.8 Å². The Morgan fingerprint density at radius 1 is 1.12 bits per heavy atom. The highest BCUT2D eigenvalue weighted by Crippen LogP contribution is 2.36. The van der Waals surface area contributed by atoms with Crippen LogP contribution >= 0.6 is 0 Å². The minimum atomic E-state index is -1.11. The highest BCUT2D eigenvalue weighted by molar-refractivity contribution is 6.14. The highest BCUT2D eigenvalue weighted by atomic mass is 16.5. The third-order valence-corrected chi connectivity index (χ3v) is 4.23. The van der Waals surface area contributed by atoms with Crippen LogP contribution in [0.5, 0.6) is 0 Å². The lowest BCUT2D eigenvalue weighted by atomic mass is 9.96. The molecule has 0 radical (unpaired) electrons. The van der Waals surface area contributed by atoms with Gasteiger partial charge in [-0.15, -0.1) is 0 Å². The summed E-state index contributed by atoms with van der Waals surface area (Å²) < 4.78 is 5.12. The van der Waals surface area contributed by atoms with Crippen molar-refractivity contribution in [2.45, 2.75) is 19.4 Å². The zero-order valence-electron chi connectivity index (χ0n) is 14.5. The average Bonchev–Trinajstić information content (AvgIpc) is 2.61. The van der Waals surface area contributed by atoms with Gasteiger partial charge in [0.25, 0.3) is 5.91 Å². The van der Waals surface area contributed by atoms with Crippen LogP contribution in [0.4, 0.5) is 17.1 Å². The lowest BCUT2D eigenvalue weighted by Gasteiger charge is -2.41. The second-order valence-electron chi connectivity index (χ2n) is 6.46. The van der Waals surface area contributed by atoms with Crippen molar-refractivity contribution < 1.29 is 19.1 Å². The third-order valence-electron chi connectivity index (χ3n) is 4.23. The molecule has 0 saturated carbocycles. The second-order valence-corrected chi connectivity index (χ2v) is 6.46. The van der Waals surface area contributed by atoms with Gasteiger partial charge in [0.1, 0.15) is 5.54 Å². The molecule has 0 bridgehead atoms. The Morgan fingerprint density at radius 2 is 1.77 bits per heavy atom. The number of carbonyl (C=O) groups excluding carboxylic acids is 3. The minimum Gasteiger partial charge on any atom is -0.452 e. The van der Waals surface area contributed by atoms with Gasteiger partial charge in [-0.2, -0.15) is 0 Å². The zero-order chi connectivity index (χ0) is 18.9. The molecule has 0 atom stereocenters. The van der Waals surface area contributed by atoms with Crippen LogP contribution in [0.3, 0.4) is 0 Å². The molecule has 7 nitrogen and oxygen atoms in total. The second kappa shape index (κ2) is 6.51. The molecule has 1 aliphatic rings. The summed E-state index contributed by atoms with van der Waals surface area (Å²) in [4.78, 5) is 38.6. The Labute approximate surface area is 150 Å². The van der Waals surface area contributed by atoms with Crippen molar-refractivity contribution in [1.82, 2.24) is 0 Å². The van der Waals surface area contributed by atoms with Crippen molar-refractivity contribution in [2.75, 3.05) is 22.6 Å². The number of anilines is 3. The number of benzene rings is 2. The number of rotatable bonds is 3. The first-order valence-electron chi connectivity index (χ1n) is 8.07. The molecule has 3 rings (SSSR count). The van der Waals surface area contributed by atoms with Gasteiger partial charge in [0.2, 0.25) is 5.91 Å². The molecule has 0 aromatic heterocycles. The van der Waals surface area contributed by atoms with Gasteiger partial charge in [-0.05, 0) is 50.2 Å². The Kier molecular flexibility index (Phi) is 4.38. The van der Waals surface area contributed by atoms with E-state index in [-0.39, 0.29) is 5.91 Å². The van der Waals surface area contributed by atoms with E-state index >= 15 is 0 Å². The van der Waals surface area contributed by atoms with E-state index in [9.17, 15) is 14.4 Å². The number of carbonyl (C=O) groups is 3. The maximum absolute atomic E-state index is 12.8. The van der Waals surface area contributed by atoms with Crippen LogP contribution in [0.15, 0.2) is 48.5 Å². The van der Waals surface area contributed by atoms with E-state index in [0.29, 0.717) is 22.6 Å². The summed E-state index contributed by atoms with van der Waals surface area (Å²) in [6, 6.07) is 13.2. The van der Waals surface area contributed by atoms with Gasteiger partial charge in [0, 0.05) is 5.69 Å². The van der Waals surface area contributed by atoms with Gasteiger partial charge < -0.3 is 15.8 Å². The summed E-state index contributed by atoms with van der Waals surface area (Å²) in [7, 11) is 0. The lowest BCUT2D eigenvalue weighted by Crippen LogP contribution is -2.59. The third kappa shape index (κ3) is 3.11. The molecular formula is C19H19N3O4. The van der Waals surface area contributed by atoms with Gasteiger partial charge >= 0.3 is 5.97 Å². The molecule has 1 heterocycles. The quantitative estimate of drug-likeness (QED) is 0.650. The summed E-state index contributed by atoms with van der Waals surface area (Å²) in [5.41, 5.74) is 6.39. The highest BCUT2D eigenvalue weighted by Gasteiger charge is 2.43. The van der Waals surface area contributed by atoms with Crippen LogP contribution in [0.1, 0.15) is 24.2 Å². The molecule has 2 aromatic rings. The fraction of sp³-hybridized carbons (Fsp3) is 0.211. The summed E-state index contributed by atoms with van der Waals surface area (Å²) in [5.74, 6) is -1.43. The van der Waals surface area contributed by atoms with Crippen LogP contribution in [-0.4, -0.2) is 29.9 Å². The van der Waals surface area contributed by atoms with Crippen molar-refractivity contribution in [2.24, 2.45) is 0 Å². The number of nitrogens with one attached hydrogen (secondary N) is 1. The maximum atomic E-state index is 12.8. The number of para-hydroxylation sites is 2. The monoisotopic (exact) mass is 353 g/mol. The number of fused-ring (bicyclic) bond motifs is 1. The fourth-order valence-corrected chi connectivity index (χ4v) is 2.79. The molecule has 0 saturated heterocycles. The number of nitrogens with two attached hydrogens (primary N) is 1. The predicted molar refractivity (Wildman–Crippen MR) is 97.8 cm³/mol. The van der Waals surface area contributed by atoms with Gasteiger partial charge in [-0.25, -0.2) is 4.79 Å². The van der Waals surface area contributed by atoms with Crippen LogP contribution in [0, 0.1) is 0 Å². The molecular weight excluding hydrogens is 334 g/mol. The maximum Gasteiger partial charge on any atom is 0.338 e. The van der Waals surface area contributed by atoms with Crippen LogP contribution in [0.2, 0.25) is 0 Å². The smallest absolute Gasteiger partial charge is 0.338 e. The Balaban J connectivity index is 1.79. The van der Waals surface area contributed by atoms with E-state index in [0.717, 1.165) is 0 Å². The molecule has 7 heteroatoms. The molecule has 134 valence electrons. The van der Waals surface area contributed by atoms with Crippen molar-refractivity contribution in [3.8, 4) is 0 Å². The summed E-state index contributed by atoms with van der Waals surface area (Å²) in [6.45, 7) is 2.80.